The molecule has 2 heterocycles. The van der Waals surface area contributed by atoms with Crippen LogP contribution in [0.5, 0.6) is 0 Å². The molecule has 2 amide bonds. The summed E-state index contributed by atoms with van der Waals surface area (Å²) in [4.78, 5) is 39.9. The minimum absolute atomic E-state index is 0.104. The van der Waals surface area contributed by atoms with Crippen LogP contribution in [0.4, 0.5) is 21.5 Å². The predicted octanol–water partition coefficient (Wildman–Crippen LogP) is 4.24. The number of carbonyl (C=O) groups excluding carboxylic acids is 2. The van der Waals surface area contributed by atoms with Crippen LogP contribution in [0.25, 0.3) is 0 Å². The lowest BCUT2D eigenvalue weighted by atomic mass is 10.3. The lowest BCUT2D eigenvalue weighted by molar-refractivity contribution is -0.121. The Kier molecular flexibility index (Phi) is 5.16. The van der Waals surface area contributed by atoms with E-state index in [1.54, 1.807) is 0 Å². The van der Waals surface area contributed by atoms with Gasteiger partial charge in [-0.3, -0.25) is 9.59 Å². The first-order valence-corrected chi connectivity index (χ1v) is 12.1. The van der Waals surface area contributed by atoms with E-state index in [1.165, 1.54) is 24.3 Å². The second-order valence-corrected chi connectivity index (χ2v) is 10.6. The standard InChI is InChI=1S/C24H22FN3O3P/c25-18-11-13-21(14-12-18)28-23(29)17-22(24(28)30)32(31)26(19-7-3-1-4-8-19)15-16-27(32)20-9-5-2-6-10-20/h1-14,22,31H,15-17H2. The Hall–Kier alpha value is -3.28. The quantitative estimate of drug-likeness (QED) is 0.476. The average molecular weight is 450 g/mol. The third-order valence-electron chi connectivity index (χ3n) is 5.97. The Bertz CT molecular complexity index is 1100. The van der Waals surface area contributed by atoms with Gasteiger partial charge in [-0.2, -0.15) is 0 Å². The number of nitrogens with zero attached hydrogens (tertiary/aromatic N) is 3. The molecule has 6 nitrogen and oxygen atoms in total. The molecule has 1 N–H and O–H groups in total. The Morgan fingerprint density at radius 2 is 1.25 bits per heavy atom. The first kappa shape index (κ1) is 20.6. The van der Waals surface area contributed by atoms with Crippen molar-refractivity contribution < 1.29 is 18.9 Å². The summed E-state index contributed by atoms with van der Waals surface area (Å²) in [7, 11) is -3.31. The first-order chi connectivity index (χ1) is 15.5. The topological polar surface area (TPSA) is 64.1 Å². The number of benzene rings is 3. The molecular weight excluding hydrogens is 428 g/mol. The monoisotopic (exact) mass is 450 g/mol. The van der Waals surface area contributed by atoms with Crippen LogP contribution in [-0.4, -0.2) is 35.5 Å². The fourth-order valence-electron chi connectivity index (χ4n) is 4.50. The van der Waals surface area contributed by atoms with Gasteiger partial charge < -0.3 is 14.2 Å². The van der Waals surface area contributed by atoms with Gasteiger partial charge in [0.2, 0.25) is 11.8 Å². The molecule has 1 atom stereocenters. The normalized spacial score (nSPS) is 20.3. The lowest BCUT2D eigenvalue weighted by Gasteiger charge is -2.45. The summed E-state index contributed by atoms with van der Waals surface area (Å²) < 4.78 is 17.2. The molecule has 1 radical (unpaired) electrons. The Morgan fingerprint density at radius 1 is 0.750 bits per heavy atom. The zero-order chi connectivity index (χ0) is 22.3. The van der Waals surface area contributed by atoms with Gasteiger partial charge in [0.1, 0.15) is 11.5 Å². The van der Waals surface area contributed by atoms with Crippen LogP contribution in [0, 0.1) is 5.82 Å². The van der Waals surface area contributed by atoms with E-state index >= 15 is 0 Å². The highest BCUT2D eigenvalue weighted by Gasteiger charge is 2.58. The molecule has 3 aromatic carbocycles. The summed E-state index contributed by atoms with van der Waals surface area (Å²) in [5.74, 6) is -1.30. The number of amides is 2. The molecule has 1 unspecified atom stereocenters. The highest BCUT2D eigenvalue weighted by atomic mass is 31.2. The van der Waals surface area contributed by atoms with Crippen LogP contribution in [0.15, 0.2) is 84.9 Å². The van der Waals surface area contributed by atoms with E-state index < -0.39 is 31.1 Å². The largest absolute Gasteiger partial charge is 0.345 e. The Balaban J connectivity index is 1.58. The summed E-state index contributed by atoms with van der Waals surface area (Å²) in [6, 6.07) is 24.2. The van der Waals surface area contributed by atoms with Gasteiger partial charge in [0.05, 0.1) is 5.69 Å². The molecule has 8 heteroatoms. The maximum atomic E-state index is 13.6. The molecule has 2 aliphatic rings. The van der Waals surface area contributed by atoms with E-state index in [0.29, 0.717) is 18.8 Å². The summed E-state index contributed by atoms with van der Waals surface area (Å²) in [5.41, 5.74) is 1.01. The number of carbonyl (C=O) groups is 2. The number of para-hydroxylation sites is 2. The van der Waals surface area contributed by atoms with Gasteiger partial charge in [-0.1, -0.05) is 36.4 Å². The third-order valence-corrected chi connectivity index (χ3v) is 9.49. The molecule has 0 aromatic heterocycles. The fraction of sp³-hybridized carbons (Fsp3) is 0.167. The molecule has 0 spiro atoms. The number of anilines is 3. The van der Waals surface area contributed by atoms with Crippen molar-refractivity contribution >= 4 is 36.7 Å². The molecule has 3 aromatic rings. The molecule has 0 aliphatic carbocycles. The van der Waals surface area contributed by atoms with Gasteiger partial charge in [0.15, 0.2) is 7.79 Å². The number of rotatable bonds is 4. The van der Waals surface area contributed by atoms with E-state index in [0.717, 1.165) is 16.3 Å². The van der Waals surface area contributed by atoms with Crippen molar-refractivity contribution in [3.8, 4) is 0 Å². The van der Waals surface area contributed by atoms with Gasteiger partial charge >= 0.3 is 0 Å². The van der Waals surface area contributed by atoms with Crippen LogP contribution in [0.3, 0.4) is 0 Å². The highest BCUT2D eigenvalue weighted by molar-refractivity contribution is 7.75. The second kappa shape index (κ2) is 8.01. The maximum Gasteiger partial charge on any atom is 0.247 e. The smallest absolute Gasteiger partial charge is 0.247 e. The number of hydrogen-bond donors (Lipinski definition) is 1. The predicted molar refractivity (Wildman–Crippen MR) is 124 cm³/mol. The lowest BCUT2D eigenvalue weighted by Crippen LogP contribution is -2.39. The molecule has 2 aliphatic heterocycles. The van der Waals surface area contributed by atoms with Crippen LogP contribution in [-0.2, 0) is 9.59 Å². The van der Waals surface area contributed by atoms with Gasteiger partial charge in [-0.15, -0.1) is 0 Å². The molecule has 2 saturated heterocycles. The van der Waals surface area contributed by atoms with Crippen molar-refractivity contribution in [2.75, 3.05) is 27.3 Å². The van der Waals surface area contributed by atoms with Gasteiger partial charge in [0, 0.05) is 30.9 Å². The highest BCUT2D eigenvalue weighted by Crippen LogP contribution is 2.71. The zero-order valence-corrected chi connectivity index (χ0v) is 18.1. The number of hydrogen-bond acceptors (Lipinski definition) is 5. The maximum absolute atomic E-state index is 13.6. The minimum Gasteiger partial charge on any atom is -0.345 e. The molecular formula is C24H22FN3O3P. The first-order valence-electron chi connectivity index (χ1n) is 10.4. The fourth-order valence-corrected chi connectivity index (χ4v) is 7.96. The summed E-state index contributed by atoms with van der Waals surface area (Å²) >= 11 is 0. The van der Waals surface area contributed by atoms with E-state index in [2.05, 4.69) is 0 Å². The Morgan fingerprint density at radius 3 is 1.75 bits per heavy atom. The zero-order valence-electron chi connectivity index (χ0n) is 17.2. The summed E-state index contributed by atoms with van der Waals surface area (Å²) in [5, 5.41) is 0. The molecule has 0 saturated carbocycles. The van der Waals surface area contributed by atoms with Crippen molar-refractivity contribution in [3.05, 3.63) is 90.7 Å². The molecule has 0 bridgehead atoms. The van der Waals surface area contributed by atoms with Crippen molar-refractivity contribution in [2.45, 2.75) is 12.1 Å². The second-order valence-electron chi connectivity index (χ2n) is 7.80. The van der Waals surface area contributed by atoms with E-state index in [1.807, 2.05) is 70.0 Å². The van der Waals surface area contributed by atoms with E-state index in [-0.39, 0.29) is 6.42 Å². The van der Waals surface area contributed by atoms with Gasteiger partial charge in [-0.05, 0) is 48.5 Å². The van der Waals surface area contributed by atoms with Crippen molar-refractivity contribution in [1.29, 1.82) is 0 Å². The molecule has 5 rings (SSSR count). The SMILES string of the molecule is O=C1CC([P]2(O)N(c3ccccc3)CCN2c2ccccc2)C(=O)N1c1ccc(F)cc1. The molecule has 2 fully saturated rings. The van der Waals surface area contributed by atoms with E-state index in [4.69, 9.17) is 0 Å². The van der Waals surface area contributed by atoms with Crippen LogP contribution in [0.1, 0.15) is 6.42 Å². The summed E-state index contributed by atoms with van der Waals surface area (Å²) in [6.07, 6.45) is -0.104. The Labute approximate surface area is 186 Å². The third kappa shape index (κ3) is 3.25. The van der Waals surface area contributed by atoms with E-state index in [9.17, 15) is 18.9 Å². The number of halogens is 1. The van der Waals surface area contributed by atoms with Crippen LogP contribution in [0.2, 0.25) is 0 Å². The minimum atomic E-state index is -3.31. The average Bonchev–Trinajstić information content (AvgIpc) is 3.32. The van der Waals surface area contributed by atoms with Crippen LogP contribution >= 0.6 is 7.79 Å². The van der Waals surface area contributed by atoms with Crippen molar-refractivity contribution in [1.82, 2.24) is 0 Å². The summed E-state index contributed by atoms with van der Waals surface area (Å²) in [6.45, 7) is 1.05. The van der Waals surface area contributed by atoms with Gasteiger partial charge in [0.25, 0.3) is 0 Å². The van der Waals surface area contributed by atoms with Crippen LogP contribution < -0.4 is 14.2 Å². The van der Waals surface area contributed by atoms with Crippen molar-refractivity contribution in [3.63, 3.8) is 0 Å². The molecule has 163 valence electrons. The number of imide groups is 1. The van der Waals surface area contributed by atoms with Crippen molar-refractivity contribution in [2.24, 2.45) is 0 Å². The molecule has 32 heavy (non-hydrogen) atoms. The van der Waals surface area contributed by atoms with Gasteiger partial charge in [-0.25, -0.2) is 9.29 Å².